The highest BCUT2D eigenvalue weighted by molar-refractivity contribution is 6.74. The molecule has 0 aliphatic rings. The summed E-state index contributed by atoms with van der Waals surface area (Å²) in [5, 5.41) is 0.245. The topological polar surface area (TPSA) is 44.8 Å². The van der Waals surface area contributed by atoms with Crippen LogP contribution in [-0.2, 0) is 18.7 Å². The van der Waals surface area contributed by atoms with Crippen LogP contribution < -0.4 is 0 Å². The molecule has 0 heterocycles. The lowest BCUT2D eigenvalue weighted by atomic mass is 9.91. The molecule has 0 saturated carbocycles. The van der Waals surface area contributed by atoms with Crippen molar-refractivity contribution in [2.45, 2.75) is 79.4 Å². The summed E-state index contributed by atoms with van der Waals surface area (Å²) in [4.78, 5) is 10.8. The number of hydrogen-bond acceptors (Lipinski definition) is 4. The van der Waals surface area contributed by atoms with Crippen LogP contribution in [0.2, 0.25) is 18.1 Å². The highest BCUT2D eigenvalue weighted by atomic mass is 28.4. The van der Waals surface area contributed by atoms with Gasteiger partial charge in [0, 0.05) is 25.2 Å². The van der Waals surface area contributed by atoms with Gasteiger partial charge in [-0.3, -0.25) is 0 Å². The Morgan fingerprint density at radius 1 is 0.800 bits per heavy atom. The second-order valence-electron chi connectivity index (χ2n) is 10.0. The van der Waals surface area contributed by atoms with Gasteiger partial charge in [-0.25, -0.2) is 0 Å². The van der Waals surface area contributed by atoms with Gasteiger partial charge in [-0.15, -0.1) is 0 Å². The standard InChI is InChI=1S/C20H42O4Si/c1-18(2,3)25(8,9)24-17-20(6,7)11-13-23-15-14-22-12-10-19(4,5)16-21/h16H,10-15,17H2,1-9H3. The molecule has 0 saturated heterocycles. The maximum Gasteiger partial charge on any atom is 0.192 e. The molecule has 4 nitrogen and oxygen atoms in total. The van der Waals surface area contributed by atoms with Crippen LogP contribution in [0.15, 0.2) is 0 Å². The first-order valence-corrected chi connectivity index (χ1v) is 12.4. The molecular weight excluding hydrogens is 332 g/mol. The number of aldehydes is 1. The predicted molar refractivity (Wildman–Crippen MR) is 108 cm³/mol. The summed E-state index contributed by atoms with van der Waals surface area (Å²) in [6, 6.07) is 0. The zero-order chi connectivity index (χ0) is 19.8. The minimum absolute atomic E-state index is 0.115. The number of hydrogen-bond donors (Lipinski definition) is 0. The van der Waals surface area contributed by atoms with E-state index in [-0.39, 0.29) is 15.9 Å². The Hall–Kier alpha value is -0.233. The lowest BCUT2D eigenvalue weighted by molar-refractivity contribution is -0.115. The van der Waals surface area contributed by atoms with E-state index in [1.807, 2.05) is 13.8 Å². The van der Waals surface area contributed by atoms with Gasteiger partial charge in [0.2, 0.25) is 0 Å². The van der Waals surface area contributed by atoms with Crippen molar-refractivity contribution in [2.75, 3.05) is 33.0 Å². The summed E-state index contributed by atoms with van der Waals surface area (Å²) >= 11 is 0. The maximum absolute atomic E-state index is 10.8. The summed E-state index contributed by atoms with van der Waals surface area (Å²) in [5.74, 6) is 0. The summed E-state index contributed by atoms with van der Waals surface area (Å²) in [7, 11) is -1.69. The first-order chi connectivity index (χ1) is 11.2. The monoisotopic (exact) mass is 374 g/mol. The van der Waals surface area contributed by atoms with Crippen LogP contribution in [0.5, 0.6) is 0 Å². The Kier molecular flexibility index (Phi) is 10.1. The zero-order valence-electron chi connectivity index (χ0n) is 18.2. The maximum atomic E-state index is 10.8. The highest BCUT2D eigenvalue weighted by Crippen LogP contribution is 2.38. The molecule has 0 aliphatic heterocycles. The van der Waals surface area contributed by atoms with Crippen molar-refractivity contribution in [3.05, 3.63) is 0 Å². The summed E-state index contributed by atoms with van der Waals surface area (Å²) < 4.78 is 17.6. The second kappa shape index (κ2) is 10.2. The summed E-state index contributed by atoms with van der Waals surface area (Å²) in [5.41, 5.74) is -0.181. The van der Waals surface area contributed by atoms with Gasteiger partial charge in [-0.05, 0) is 36.4 Å². The van der Waals surface area contributed by atoms with Crippen LogP contribution >= 0.6 is 0 Å². The smallest absolute Gasteiger partial charge is 0.192 e. The van der Waals surface area contributed by atoms with Gasteiger partial charge in [0.25, 0.3) is 0 Å². The Morgan fingerprint density at radius 3 is 1.72 bits per heavy atom. The molecule has 0 fully saturated rings. The van der Waals surface area contributed by atoms with Crippen molar-refractivity contribution in [3.63, 3.8) is 0 Å². The molecule has 25 heavy (non-hydrogen) atoms. The van der Waals surface area contributed by atoms with Gasteiger partial charge < -0.3 is 18.7 Å². The van der Waals surface area contributed by atoms with E-state index in [4.69, 9.17) is 13.9 Å². The average molecular weight is 375 g/mol. The molecule has 0 aromatic rings. The molecule has 0 atom stereocenters. The van der Waals surface area contributed by atoms with Crippen LogP contribution in [0, 0.1) is 10.8 Å². The van der Waals surface area contributed by atoms with E-state index in [0.717, 1.165) is 32.3 Å². The zero-order valence-corrected chi connectivity index (χ0v) is 19.2. The fourth-order valence-electron chi connectivity index (χ4n) is 1.73. The third kappa shape index (κ3) is 11.2. The van der Waals surface area contributed by atoms with Crippen molar-refractivity contribution >= 4 is 14.6 Å². The highest BCUT2D eigenvalue weighted by Gasteiger charge is 2.38. The summed E-state index contributed by atoms with van der Waals surface area (Å²) in [6.45, 7) is 23.0. The number of ether oxygens (including phenoxy) is 2. The predicted octanol–water partition coefficient (Wildman–Crippen LogP) is 5.07. The Labute approximate surface area is 157 Å². The molecule has 0 aromatic carbocycles. The van der Waals surface area contributed by atoms with Crippen LogP contribution in [-0.4, -0.2) is 47.6 Å². The van der Waals surface area contributed by atoms with E-state index < -0.39 is 8.32 Å². The van der Waals surface area contributed by atoms with Crippen LogP contribution in [0.4, 0.5) is 0 Å². The SMILES string of the molecule is CC(C)(C=O)CCOCCOCCC(C)(C)CO[Si](C)(C)C(C)(C)C. The quantitative estimate of drug-likeness (QED) is 0.256. The molecule has 0 radical (unpaired) electrons. The van der Waals surface area contributed by atoms with E-state index in [0.29, 0.717) is 19.8 Å². The molecule has 0 aliphatic carbocycles. The van der Waals surface area contributed by atoms with Gasteiger partial charge >= 0.3 is 0 Å². The molecule has 0 aromatic heterocycles. The fraction of sp³-hybridized carbons (Fsp3) is 0.950. The summed E-state index contributed by atoms with van der Waals surface area (Å²) in [6.07, 6.45) is 2.70. The molecular formula is C20H42O4Si. The Bertz CT molecular complexity index is 384. The van der Waals surface area contributed by atoms with Crippen molar-refractivity contribution < 1.29 is 18.7 Å². The third-order valence-corrected chi connectivity index (χ3v) is 9.61. The third-order valence-electron chi connectivity index (χ3n) is 5.13. The molecule has 0 unspecified atom stereocenters. The van der Waals surface area contributed by atoms with Gasteiger partial charge in [0.15, 0.2) is 8.32 Å². The van der Waals surface area contributed by atoms with Crippen LogP contribution in [0.25, 0.3) is 0 Å². The minimum Gasteiger partial charge on any atom is -0.416 e. The average Bonchev–Trinajstić information content (AvgIpc) is 2.47. The van der Waals surface area contributed by atoms with Crippen molar-refractivity contribution in [1.29, 1.82) is 0 Å². The molecule has 0 bridgehead atoms. The van der Waals surface area contributed by atoms with E-state index in [9.17, 15) is 4.79 Å². The lowest BCUT2D eigenvalue weighted by Gasteiger charge is -2.39. The number of carbonyl (C=O) groups is 1. The number of rotatable bonds is 13. The molecule has 0 amide bonds. The fourth-order valence-corrected chi connectivity index (χ4v) is 2.91. The van der Waals surface area contributed by atoms with E-state index >= 15 is 0 Å². The van der Waals surface area contributed by atoms with Crippen LogP contribution in [0.1, 0.15) is 61.3 Å². The van der Waals surface area contributed by atoms with Gasteiger partial charge in [-0.2, -0.15) is 0 Å². The minimum atomic E-state index is -1.69. The van der Waals surface area contributed by atoms with E-state index in [1.54, 1.807) is 0 Å². The normalized spacial score (nSPS) is 14.0. The first kappa shape index (κ1) is 24.8. The van der Waals surface area contributed by atoms with Crippen molar-refractivity contribution in [3.8, 4) is 0 Å². The molecule has 0 N–H and O–H groups in total. The first-order valence-electron chi connectivity index (χ1n) is 9.48. The number of carbonyl (C=O) groups excluding carboxylic acids is 1. The van der Waals surface area contributed by atoms with E-state index in [1.165, 1.54) is 0 Å². The van der Waals surface area contributed by atoms with Crippen LogP contribution in [0.3, 0.4) is 0 Å². The molecule has 0 rings (SSSR count). The molecule has 150 valence electrons. The van der Waals surface area contributed by atoms with Crippen molar-refractivity contribution in [1.82, 2.24) is 0 Å². The Morgan fingerprint density at radius 2 is 1.28 bits per heavy atom. The second-order valence-corrected chi connectivity index (χ2v) is 14.9. The molecule has 5 heteroatoms. The van der Waals surface area contributed by atoms with Crippen molar-refractivity contribution in [2.24, 2.45) is 10.8 Å². The van der Waals surface area contributed by atoms with Gasteiger partial charge in [0.05, 0.1) is 13.2 Å². The lowest BCUT2D eigenvalue weighted by Crippen LogP contribution is -2.43. The largest absolute Gasteiger partial charge is 0.416 e. The van der Waals surface area contributed by atoms with Gasteiger partial charge in [-0.1, -0.05) is 48.5 Å². The molecule has 0 spiro atoms. The van der Waals surface area contributed by atoms with Gasteiger partial charge in [0.1, 0.15) is 6.29 Å². The Balaban J connectivity index is 3.85. The van der Waals surface area contributed by atoms with E-state index in [2.05, 4.69) is 47.7 Å².